The Hall–Kier alpha value is -0.200. The number of nitrogens with zero attached hydrogens (tertiary/aromatic N) is 3. The van der Waals surface area contributed by atoms with Gasteiger partial charge in [-0.15, -0.1) is 0 Å². The lowest BCUT2D eigenvalue weighted by molar-refractivity contribution is -0.0699. The van der Waals surface area contributed by atoms with Crippen molar-refractivity contribution in [2.45, 2.75) is 64.6 Å². The van der Waals surface area contributed by atoms with E-state index in [0.29, 0.717) is 12.2 Å². The van der Waals surface area contributed by atoms with Crippen molar-refractivity contribution in [1.29, 1.82) is 0 Å². The highest BCUT2D eigenvalue weighted by Crippen LogP contribution is 2.23. The molecule has 3 heterocycles. The molecule has 0 aromatic heterocycles. The number of piperidine rings is 3. The summed E-state index contributed by atoms with van der Waals surface area (Å²) in [6, 6.07) is 0. The van der Waals surface area contributed by atoms with Crippen LogP contribution in [0.2, 0.25) is 0 Å². The molecular formula is C21H44N4O. The summed E-state index contributed by atoms with van der Waals surface area (Å²) in [5.74, 6) is 0.842. The molecule has 3 aliphatic heterocycles. The van der Waals surface area contributed by atoms with Gasteiger partial charge in [-0.05, 0) is 71.6 Å². The van der Waals surface area contributed by atoms with Gasteiger partial charge in [0.1, 0.15) is 0 Å². The Kier molecular flexibility index (Phi) is 10.4. The van der Waals surface area contributed by atoms with Gasteiger partial charge in [0.05, 0.1) is 12.2 Å². The fraction of sp³-hybridized carbons (Fsp3) is 1.00. The zero-order chi connectivity index (χ0) is 18.8. The molecule has 154 valence electrons. The van der Waals surface area contributed by atoms with Crippen LogP contribution in [-0.4, -0.2) is 93.5 Å². The first-order chi connectivity index (χ1) is 12.7. The van der Waals surface area contributed by atoms with Crippen LogP contribution in [0.15, 0.2) is 0 Å². The number of rotatable bonds is 6. The Balaban J connectivity index is 0.00000117. The van der Waals surface area contributed by atoms with Crippen LogP contribution in [-0.2, 0) is 4.74 Å². The summed E-state index contributed by atoms with van der Waals surface area (Å²) >= 11 is 0. The minimum Gasteiger partial charge on any atom is -0.374 e. The quantitative estimate of drug-likeness (QED) is 0.778. The Morgan fingerprint density at radius 2 is 1.54 bits per heavy atom. The molecule has 26 heavy (non-hydrogen) atoms. The van der Waals surface area contributed by atoms with Gasteiger partial charge in [-0.25, -0.2) is 0 Å². The molecule has 3 saturated heterocycles. The van der Waals surface area contributed by atoms with E-state index in [0.717, 1.165) is 19.1 Å². The summed E-state index contributed by atoms with van der Waals surface area (Å²) in [6.45, 7) is 13.7. The first-order valence-corrected chi connectivity index (χ1v) is 11.2. The third-order valence-corrected chi connectivity index (χ3v) is 6.01. The van der Waals surface area contributed by atoms with E-state index < -0.39 is 0 Å². The summed E-state index contributed by atoms with van der Waals surface area (Å²) in [6.07, 6.45) is 8.75. The van der Waals surface area contributed by atoms with Gasteiger partial charge in [0.2, 0.25) is 0 Å². The van der Waals surface area contributed by atoms with Crippen LogP contribution in [0.3, 0.4) is 0 Å². The summed E-state index contributed by atoms with van der Waals surface area (Å²) in [7, 11) is 4.28. The zero-order valence-corrected chi connectivity index (χ0v) is 17.9. The molecule has 0 saturated carbocycles. The standard InChI is InChI=1S/C19H38N4O.C2H6/c1-20-16-23-10-3-5-17(14-23)13-22-9-4-6-19(15-22)24-18-7-11-21(2)12-8-18;1-2/h17-20H,3-16H2,1-2H3;1-2H3. The summed E-state index contributed by atoms with van der Waals surface area (Å²) in [4.78, 5) is 7.69. The van der Waals surface area contributed by atoms with E-state index in [-0.39, 0.29) is 0 Å². The molecule has 1 N–H and O–H groups in total. The Morgan fingerprint density at radius 1 is 0.846 bits per heavy atom. The summed E-state index contributed by atoms with van der Waals surface area (Å²) < 4.78 is 6.47. The van der Waals surface area contributed by atoms with Crippen molar-refractivity contribution in [2.24, 2.45) is 5.92 Å². The monoisotopic (exact) mass is 368 g/mol. The van der Waals surface area contributed by atoms with Gasteiger partial charge < -0.3 is 19.9 Å². The SMILES string of the molecule is CC.CNCN1CCCC(CN2CCCC(OC3CCN(C)CC3)C2)C1. The van der Waals surface area contributed by atoms with Crippen molar-refractivity contribution >= 4 is 0 Å². The van der Waals surface area contributed by atoms with Gasteiger partial charge in [-0.1, -0.05) is 13.8 Å². The molecule has 2 unspecified atom stereocenters. The lowest BCUT2D eigenvalue weighted by Gasteiger charge is -2.40. The van der Waals surface area contributed by atoms with Crippen molar-refractivity contribution in [3.05, 3.63) is 0 Å². The molecule has 0 amide bonds. The van der Waals surface area contributed by atoms with Crippen LogP contribution in [0.4, 0.5) is 0 Å². The summed E-state index contributed by atoms with van der Waals surface area (Å²) in [5, 5.41) is 3.31. The van der Waals surface area contributed by atoms with Crippen molar-refractivity contribution in [2.75, 3.05) is 66.6 Å². The van der Waals surface area contributed by atoms with Crippen LogP contribution in [0.1, 0.15) is 52.4 Å². The highest BCUT2D eigenvalue weighted by atomic mass is 16.5. The number of hydrogen-bond acceptors (Lipinski definition) is 5. The lowest BCUT2D eigenvalue weighted by Crippen LogP contribution is -2.48. The Morgan fingerprint density at radius 3 is 2.27 bits per heavy atom. The predicted octanol–water partition coefficient (Wildman–Crippen LogP) is 2.48. The third kappa shape index (κ3) is 7.43. The van der Waals surface area contributed by atoms with Crippen molar-refractivity contribution in [3.63, 3.8) is 0 Å². The number of ether oxygens (including phenoxy) is 1. The second kappa shape index (κ2) is 12.3. The predicted molar refractivity (Wildman–Crippen MR) is 111 cm³/mol. The molecule has 0 aromatic rings. The second-order valence-corrected chi connectivity index (χ2v) is 8.26. The molecule has 0 spiro atoms. The van der Waals surface area contributed by atoms with E-state index >= 15 is 0 Å². The first-order valence-electron chi connectivity index (χ1n) is 11.2. The van der Waals surface area contributed by atoms with Gasteiger partial charge >= 0.3 is 0 Å². The molecule has 3 rings (SSSR count). The molecular weight excluding hydrogens is 324 g/mol. The molecule has 5 nitrogen and oxygen atoms in total. The molecule has 3 aliphatic rings. The van der Waals surface area contributed by atoms with E-state index in [1.54, 1.807) is 0 Å². The number of hydrogen-bond donors (Lipinski definition) is 1. The van der Waals surface area contributed by atoms with Gasteiger partial charge in [0.25, 0.3) is 0 Å². The maximum atomic E-state index is 6.47. The molecule has 0 bridgehead atoms. The highest BCUT2D eigenvalue weighted by Gasteiger charge is 2.28. The normalized spacial score (nSPS) is 30.0. The van der Waals surface area contributed by atoms with Crippen LogP contribution < -0.4 is 5.32 Å². The molecule has 0 radical (unpaired) electrons. The number of likely N-dealkylation sites (tertiary alicyclic amines) is 3. The fourth-order valence-corrected chi connectivity index (χ4v) is 4.72. The number of nitrogens with one attached hydrogen (secondary N) is 1. The van der Waals surface area contributed by atoms with E-state index in [2.05, 4.69) is 34.1 Å². The van der Waals surface area contributed by atoms with E-state index in [9.17, 15) is 0 Å². The van der Waals surface area contributed by atoms with Gasteiger partial charge in [-0.2, -0.15) is 0 Å². The lowest BCUT2D eigenvalue weighted by atomic mass is 9.96. The van der Waals surface area contributed by atoms with Gasteiger partial charge in [0.15, 0.2) is 0 Å². The average molecular weight is 369 g/mol. The minimum absolute atomic E-state index is 0.476. The molecule has 5 heteroatoms. The van der Waals surface area contributed by atoms with E-state index in [1.165, 1.54) is 77.8 Å². The third-order valence-electron chi connectivity index (χ3n) is 6.01. The molecule has 3 fully saturated rings. The Bertz CT molecular complexity index is 358. The van der Waals surface area contributed by atoms with Crippen molar-refractivity contribution in [3.8, 4) is 0 Å². The largest absolute Gasteiger partial charge is 0.374 e. The van der Waals surface area contributed by atoms with Gasteiger partial charge in [-0.3, -0.25) is 4.90 Å². The zero-order valence-electron chi connectivity index (χ0n) is 17.9. The molecule has 0 aromatic carbocycles. The average Bonchev–Trinajstić information content (AvgIpc) is 2.66. The van der Waals surface area contributed by atoms with E-state index in [4.69, 9.17) is 4.74 Å². The topological polar surface area (TPSA) is 31.0 Å². The molecule has 0 aliphatic carbocycles. The van der Waals surface area contributed by atoms with Crippen LogP contribution in [0, 0.1) is 5.92 Å². The Labute approximate surface area is 162 Å². The van der Waals surface area contributed by atoms with Crippen LogP contribution in [0.25, 0.3) is 0 Å². The van der Waals surface area contributed by atoms with Crippen LogP contribution >= 0.6 is 0 Å². The van der Waals surface area contributed by atoms with Crippen molar-refractivity contribution in [1.82, 2.24) is 20.0 Å². The smallest absolute Gasteiger partial charge is 0.0706 e. The van der Waals surface area contributed by atoms with Gasteiger partial charge in [0, 0.05) is 39.4 Å². The summed E-state index contributed by atoms with van der Waals surface area (Å²) in [5.41, 5.74) is 0. The van der Waals surface area contributed by atoms with Crippen LogP contribution in [0.5, 0.6) is 0 Å². The minimum atomic E-state index is 0.476. The fourth-order valence-electron chi connectivity index (χ4n) is 4.72. The highest BCUT2D eigenvalue weighted by molar-refractivity contribution is 4.81. The first kappa shape index (κ1) is 22.1. The second-order valence-electron chi connectivity index (χ2n) is 8.26. The van der Waals surface area contributed by atoms with E-state index in [1.807, 2.05) is 13.8 Å². The maximum absolute atomic E-state index is 6.47. The van der Waals surface area contributed by atoms with Crippen molar-refractivity contribution < 1.29 is 4.74 Å². The maximum Gasteiger partial charge on any atom is 0.0706 e. The molecule has 2 atom stereocenters.